The van der Waals surface area contributed by atoms with Crippen LogP contribution in [0.1, 0.15) is 71.0 Å². The number of nitrogens with one attached hydrogen (secondary N) is 1. The highest BCUT2D eigenvalue weighted by Gasteiger charge is 2.29. The molecule has 1 amide bonds. The normalized spacial score (nSPS) is 15.2. The van der Waals surface area contributed by atoms with Gasteiger partial charge in [-0.1, -0.05) is 41.9 Å². The van der Waals surface area contributed by atoms with Crippen LogP contribution < -0.4 is 5.32 Å². The van der Waals surface area contributed by atoms with Crippen LogP contribution in [0.3, 0.4) is 0 Å². The monoisotopic (exact) mass is 349 g/mol. The van der Waals surface area contributed by atoms with Gasteiger partial charge in [-0.2, -0.15) is 0 Å². The summed E-state index contributed by atoms with van der Waals surface area (Å²) in [5.41, 5.74) is 5.02. The van der Waals surface area contributed by atoms with Crippen molar-refractivity contribution in [2.45, 2.75) is 52.0 Å². The largest absolute Gasteiger partial charge is 0.345 e. The molecule has 4 rings (SSSR count). The van der Waals surface area contributed by atoms with E-state index in [1.807, 2.05) is 13.0 Å². The van der Waals surface area contributed by atoms with Crippen molar-refractivity contribution in [1.82, 2.24) is 15.5 Å². The van der Waals surface area contributed by atoms with Crippen LogP contribution in [0.25, 0.3) is 11.1 Å². The van der Waals surface area contributed by atoms with Gasteiger partial charge in [0.2, 0.25) is 0 Å². The quantitative estimate of drug-likeness (QED) is 0.731. The van der Waals surface area contributed by atoms with Crippen LogP contribution in [0.4, 0.5) is 0 Å². The molecule has 134 valence electrons. The summed E-state index contributed by atoms with van der Waals surface area (Å²) >= 11 is 0. The molecular weight excluding hydrogens is 326 g/mol. The van der Waals surface area contributed by atoms with E-state index in [9.17, 15) is 4.79 Å². The summed E-state index contributed by atoms with van der Waals surface area (Å²) in [4.78, 5) is 17.7. The Morgan fingerprint density at radius 1 is 1.27 bits per heavy atom. The standard InChI is InChI=1S/C21H23N3O2/c1-4-17(14-7-5-12(2)6-8-14)22-20(25)16-11-18(15-9-10-15)23-21-19(16)13(3)24-26-21/h5-8,11,15,17H,4,9-10H2,1-3H3,(H,22,25)/t17-/m1/s1. The number of hydrogen-bond donors (Lipinski definition) is 1. The van der Waals surface area contributed by atoms with Crippen molar-refractivity contribution in [3.63, 3.8) is 0 Å². The van der Waals surface area contributed by atoms with Crippen molar-refractivity contribution >= 4 is 17.0 Å². The van der Waals surface area contributed by atoms with Crippen LogP contribution in [-0.2, 0) is 0 Å². The van der Waals surface area contributed by atoms with E-state index in [-0.39, 0.29) is 11.9 Å². The Hall–Kier alpha value is -2.69. The Bertz CT molecular complexity index is 955. The second-order valence-electron chi connectivity index (χ2n) is 7.16. The molecule has 1 fully saturated rings. The van der Waals surface area contributed by atoms with Crippen LogP contribution in [0.15, 0.2) is 34.9 Å². The average molecular weight is 349 g/mol. The van der Waals surface area contributed by atoms with E-state index < -0.39 is 0 Å². The number of benzene rings is 1. The molecule has 1 aliphatic rings. The molecular formula is C21H23N3O2. The maximum absolute atomic E-state index is 13.1. The molecule has 0 saturated heterocycles. The zero-order valence-electron chi connectivity index (χ0n) is 15.4. The van der Waals surface area contributed by atoms with Gasteiger partial charge in [-0.3, -0.25) is 4.79 Å². The van der Waals surface area contributed by atoms with Gasteiger partial charge in [0.1, 0.15) is 0 Å². The van der Waals surface area contributed by atoms with Gasteiger partial charge in [-0.15, -0.1) is 0 Å². The van der Waals surface area contributed by atoms with Gasteiger partial charge in [0.05, 0.1) is 22.7 Å². The van der Waals surface area contributed by atoms with Crippen LogP contribution in [0.5, 0.6) is 0 Å². The lowest BCUT2D eigenvalue weighted by Crippen LogP contribution is -2.28. The summed E-state index contributed by atoms with van der Waals surface area (Å²) in [6, 6.07) is 10.2. The zero-order valence-corrected chi connectivity index (χ0v) is 15.4. The van der Waals surface area contributed by atoms with E-state index >= 15 is 0 Å². The van der Waals surface area contributed by atoms with Gasteiger partial charge in [-0.25, -0.2) is 4.98 Å². The molecule has 0 aliphatic heterocycles. The molecule has 1 aromatic carbocycles. The number of carbonyl (C=O) groups is 1. The van der Waals surface area contributed by atoms with Crippen molar-refractivity contribution in [2.75, 3.05) is 0 Å². The van der Waals surface area contributed by atoms with Gasteiger partial charge >= 0.3 is 0 Å². The highest BCUT2D eigenvalue weighted by atomic mass is 16.5. The van der Waals surface area contributed by atoms with Crippen LogP contribution in [0.2, 0.25) is 0 Å². The van der Waals surface area contributed by atoms with Crippen molar-refractivity contribution in [1.29, 1.82) is 0 Å². The minimum Gasteiger partial charge on any atom is -0.345 e. The molecule has 0 bridgehead atoms. The number of aryl methyl sites for hydroxylation is 2. The first kappa shape index (κ1) is 16.8. The van der Waals surface area contributed by atoms with Gasteiger partial charge < -0.3 is 9.84 Å². The van der Waals surface area contributed by atoms with Gasteiger partial charge in [0, 0.05) is 11.6 Å². The molecule has 0 radical (unpaired) electrons. The third-order valence-electron chi connectivity index (χ3n) is 5.07. The third-order valence-corrected chi connectivity index (χ3v) is 5.07. The van der Waals surface area contributed by atoms with Crippen molar-refractivity contribution in [3.05, 3.63) is 58.4 Å². The molecule has 0 spiro atoms. The number of hydrogen-bond acceptors (Lipinski definition) is 4. The Morgan fingerprint density at radius 2 is 2.00 bits per heavy atom. The number of carbonyl (C=O) groups excluding carboxylic acids is 1. The van der Waals surface area contributed by atoms with E-state index in [1.165, 1.54) is 5.56 Å². The van der Waals surface area contributed by atoms with Crippen LogP contribution in [-0.4, -0.2) is 16.0 Å². The summed E-state index contributed by atoms with van der Waals surface area (Å²) in [7, 11) is 0. The molecule has 1 atom stereocenters. The Kier molecular flexibility index (Phi) is 4.23. The average Bonchev–Trinajstić information content (AvgIpc) is 3.43. The molecule has 2 heterocycles. The Labute approximate surface area is 152 Å². The first-order valence-corrected chi connectivity index (χ1v) is 9.21. The van der Waals surface area contributed by atoms with Crippen LogP contribution in [0, 0.1) is 13.8 Å². The molecule has 2 aromatic heterocycles. The zero-order chi connectivity index (χ0) is 18.3. The molecule has 26 heavy (non-hydrogen) atoms. The molecule has 0 unspecified atom stereocenters. The summed E-state index contributed by atoms with van der Waals surface area (Å²) < 4.78 is 5.35. The molecule has 5 nitrogen and oxygen atoms in total. The molecule has 1 N–H and O–H groups in total. The molecule has 1 saturated carbocycles. The molecule has 5 heteroatoms. The van der Waals surface area contributed by atoms with E-state index in [2.05, 4.69) is 53.6 Å². The minimum atomic E-state index is -0.0991. The first-order valence-electron chi connectivity index (χ1n) is 9.21. The topological polar surface area (TPSA) is 68.0 Å². The lowest BCUT2D eigenvalue weighted by molar-refractivity contribution is 0.0937. The number of fused-ring (bicyclic) bond motifs is 1. The van der Waals surface area contributed by atoms with Gasteiger partial charge in [0.25, 0.3) is 11.6 Å². The maximum atomic E-state index is 13.1. The lowest BCUT2D eigenvalue weighted by Gasteiger charge is -2.18. The first-order chi connectivity index (χ1) is 12.6. The smallest absolute Gasteiger partial charge is 0.259 e. The SMILES string of the molecule is CC[C@@H](NC(=O)c1cc(C2CC2)nc2onc(C)c12)c1ccc(C)cc1. The summed E-state index contributed by atoms with van der Waals surface area (Å²) in [6.07, 6.45) is 3.06. The van der Waals surface area contributed by atoms with Gasteiger partial charge in [0.15, 0.2) is 0 Å². The summed E-state index contributed by atoms with van der Waals surface area (Å²) in [5, 5.41) is 7.90. The van der Waals surface area contributed by atoms with Crippen molar-refractivity contribution in [3.8, 4) is 0 Å². The summed E-state index contributed by atoms with van der Waals surface area (Å²) in [5.74, 6) is 0.341. The Balaban J connectivity index is 1.68. The number of rotatable bonds is 5. The van der Waals surface area contributed by atoms with E-state index in [1.54, 1.807) is 0 Å². The van der Waals surface area contributed by atoms with E-state index in [0.29, 0.717) is 28.3 Å². The Morgan fingerprint density at radius 3 is 2.65 bits per heavy atom. The predicted octanol–water partition coefficient (Wildman–Crippen LogP) is 4.60. The highest BCUT2D eigenvalue weighted by Crippen LogP contribution is 2.40. The highest BCUT2D eigenvalue weighted by molar-refractivity contribution is 6.06. The second kappa shape index (κ2) is 6.56. The number of pyridine rings is 1. The fourth-order valence-corrected chi connectivity index (χ4v) is 3.34. The second-order valence-corrected chi connectivity index (χ2v) is 7.16. The third kappa shape index (κ3) is 3.09. The minimum absolute atomic E-state index is 0.0316. The fraction of sp³-hybridized carbons (Fsp3) is 0.381. The predicted molar refractivity (Wildman–Crippen MR) is 100 cm³/mol. The number of amides is 1. The molecule has 1 aliphatic carbocycles. The van der Waals surface area contributed by atoms with Crippen LogP contribution >= 0.6 is 0 Å². The van der Waals surface area contributed by atoms with E-state index in [0.717, 1.165) is 30.5 Å². The van der Waals surface area contributed by atoms with E-state index in [4.69, 9.17) is 4.52 Å². The van der Waals surface area contributed by atoms with Crippen molar-refractivity contribution in [2.24, 2.45) is 0 Å². The lowest BCUT2D eigenvalue weighted by atomic mass is 10.0. The maximum Gasteiger partial charge on any atom is 0.259 e. The summed E-state index contributed by atoms with van der Waals surface area (Å²) in [6.45, 7) is 5.98. The van der Waals surface area contributed by atoms with Crippen molar-refractivity contribution < 1.29 is 9.32 Å². The fourth-order valence-electron chi connectivity index (χ4n) is 3.34. The van der Waals surface area contributed by atoms with Gasteiger partial charge in [-0.05, 0) is 44.7 Å². The number of nitrogens with zero attached hydrogens (tertiary/aromatic N) is 2. The molecule has 3 aromatic rings. The number of aromatic nitrogens is 2.